The monoisotopic (exact) mass is 224 g/mol. The molecule has 2 heteroatoms. The molecule has 2 rings (SSSR count). The zero-order chi connectivity index (χ0) is 11.5. The van der Waals surface area contributed by atoms with E-state index in [2.05, 4.69) is 31.0 Å². The molecule has 0 aromatic carbocycles. The Morgan fingerprint density at radius 3 is 2.38 bits per heavy atom. The van der Waals surface area contributed by atoms with Crippen LogP contribution in [0.4, 0.5) is 0 Å². The summed E-state index contributed by atoms with van der Waals surface area (Å²) in [5.41, 5.74) is 0. The lowest BCUT2D eigenvalue weighted by Gasteiger charge is -2.36. The first-order chi connectivity index (χ1) is 7.65. The average molecular weight is 224 g/mol. The maximum Gasteiger partial charge on any atom is 0.00848 e. The van der Waals surface area contributed by atoms with Gasteiger partial charge in [-0.3, -0.25) is 0 Å². The molecule has 0 aromatic rings. The third-order valence-corrected chi connectivity index (χ3v) is 4.54. The lowest BCUT2D eigenvalue weighted by Crippen LogP contribution is -2.42. The number of hydrogen-bond acceptors (Lipinski definition) is 2. The summed E-state index contributed by atoms with van der Waals surface area (Å²) in [6, 6.07) is 2.30. The van der Waals surface area contributed by atoms with E-state index in [-0.39, 0.29) is 0 Å². The molecule has 0 bridgehead atoms. The fourth-order valence-electron chi connectivity index (χ4n) is 3.24. The molecule has 0 amide bonds. The second-order valence-corrected chi connectivity index (χ2v) is 6.15. The molecule has 0 radical (unpaired) electrons. The Bertz CT molecular complexity index is 209. The molecule has 1 N–H and O–H groups in total. The molecule has 0 spiro atoms. The smallest absolute Gasteiger partial charge is 0.00848 e. The van der Waals surface area contributed by atoms with Crippen LogP contribution < -0.4 is 5.32 Å². The predicted molar refractivity (Wildman–Crippen MR) is 69.7 cm³/mol. The zero-order valence-electron chi connectivity index (χ0n) is 11.2. The zero-order valence-corrected chi connectivity index (χ0v) is 11.2. The highest BCUT2D eigenvalue weighted by Crippen LogP contribution is 2.22. The number of hydrogen-bond donors (Lipinski definition) is 1. The molecule has 0 saturated carbocycles. The van der Waals surface area contributed by atoms with E-state index in [0.717, 1.165) is 24.0 Å². The SMILES string of the molecule is CC1CCN(C(C)CC2CCC(C)N2)CC1. The van der Waals surface area contributed by atoms with Gasteiger partial charge in [0.05, 0.1) is 0 Å². The Kier molecular flexibility index (Phi) is 4.26. The Morgan fingerprint density at radius 1 is 1.12 bits per heavy atom. The third-order valence-electron chi connectivity index (χ3n) is 4.54. The van der Waals surface area contributed by atoms with Gasteiger partial charge in [-0.25, -0.2) is 0 Å². The summed E-state index contributed by atoms with van der Waals surface area (Å²) < 4.78 is 0. The van der Waals surface area contributed by atoms with Gasteiger partial charge in [-0.05, 0) is 65.0 Å². The lowest BCUT2D eigenvalue weighted by atomic mass is 9.96. The standard InChI is InChI=1S/C14H28N2/c1-11-6-8-16(9-7-11)13(3)10-14-5-4-12(2)15-14/h11-15H,4-10H2,1-3H3. The Balaban J connectivity index is 1.73. The van der Waals surface area contributed by atoms with Gasteiger partial charge >= 0.3 is 0 Å². The number of likely N-dealkylation sites (tertiary alicyclic amines) is 1. The van der Waals surface area contributed by atoms with Crippen molar-refractivity contribution in [1.29, 1.82) is 0 Å². The second-order valence-electron chi connectivity index (χ2n) is 6.15. The summed E-state index contributed by atoms with van der Waals surface area (Å²) in [4.78, 5) is 2.70. The van der Waals surface area contributed by atoms with E-state index in [9.17, 15) is 0 Å². The first-order valence-electron chi connectivity index (χ1n) is 7.15. The topological polar surface area (TPSA) is 15.3 Å². The van der Waals surface area contributed by atoms with Crippen molar-refractivity contribution in [3.05, 3.63) is 0 Å². The first kappa shape index (κ1) is 12.4. The van der Waals surface area contributed by atoms with Gasteiger partial charge in [-0.1, -0.05) is 6.92 Å². The third kappa shape index (κ3) is 3.21. The Hall–Kier alpha value is -0.0800. The van der Waals surface area contributed by atoms with Gasteiger partial charge in [0, 0.05) is 18.1 Å². The maximum atomic E-state index is 3.71. The molecule has 2 aliphatic rings. The van der Waals surface area contributed by atoms with Crippen LogP contribution in [0.15, 0.2) is 0 Å². The van der Waals surface area contributed by atoms with Crippen LogP contribution in [0.25, 0.3) is 0 Å². The van der Waals surface area contributed by atoms with Gasteiger partial charge in [0.2, 0.25) is 0 Å². The van der Waals surface area contributed by atoms with E-state index in [1.165, 1.54) is 45.2 Å². The summed E-state index contributed by atoms with van der Waals surface area (Å²) in [6.45, 7) is 9.77. The Labute approximate surface area is 101 Å². The minimum absolute atomic E-state index is 0.749. The predicted octanol–water partition coefficient (Wildman–Crippen LogP) is 2.64. The molecular weight excluding hydrogens is 196 g/mol. The molecule has 2 aliphatic heterocycles. The fraction of sp³-hybridized carbons (Fsp3) is 1.00. The minimum atomic E-state index is 0.749. The molecular formula is C14H28N2. The van der Waals surface area contributed by atoms with Crippen LogP contribution in [0.3, 0.4) is 0 Å². The van der Waals surface area contributed by atoms with Gasteiger partial charge < -0.3 is 10.2 Å². The molecule has 3 unspecified atom stereocenters. The molecule has 2 heterocycles. The van der Waals surface area contributed by atoms with Gasteiger partial charge in [0.1, 0.15) is 0 Å². The van der Waals surface area contributed by atoms with Crippen LogP contribution in [0.5, 0.6) is 0 Å². The van der Waals surface area contributed by atoms with Crippen molar-refractivity contribution >= 4 is 0 Å². The van der Waals surface area contributed by atoms with Crippen molar-refractivity contribution in [3.63, 3.8) is 0 Å². The van der Waals surface area contributed by atoms with Crippen molar-refractivity contribution in [2.75, 3.05) is 13.1 Å². The molecule has 94 valence electrons. The van der Waals surface area contributed by atoms with Crippen molar-refractivity contribution in [1.82, 2.24) is 10.2 Å². The molecule has 2 saturated heterocycles. The molecule has 0 aliphatic carbocycles. The molecule has 2 nitrogen and oxygen atoms in total. The normalized spacial score (nSPS) is 35.4. The summed E-state index contributed by atoms with van der Waals surface area (Å²) >= 11 is 0. The van der Waals surface area contributed by atoms with Crippen molar-refractivity contribution in [3.8, 4) is 0 Å². The highest BCUT2D eigenvalue weighted by Gasteiger charge is 2.26. The van der Waals surface area contributed by atoms with E-state index < -0.39 is 0 Å². The summed E-state index contributed by atoms with van der Waals surface area (Å²) in [5.74, 6) is 0.952. The van der Waals surface area contributed by atoms with Crippen molar-refractivity contribution < 1.29 is 0 Å². The van der Waals surface area contributed by atoms with Gasteiger partial charge in [-0.15, -0.1) is 0 Å². The summed E-state index contributed by atoms with van der Waals surface area (Å²) in [6.07, 6.45) is 6.90. The van der Waals surface area contributed by atoms with Crippen molar-refractivity contribution in [2.24, 2.45) is 5.92 Å². The molecule has 2 fully saturated rings. The van der Waals surface area contributed by atoms with E-state index in [4.69, 9.17) is 0 Å². The highest BCUT2D eigenvalue weighted by atomic mass is 15.2. The van der Waals surface area contributed by atoms with Gasteiger partial charge in [0.15, 0.2) is 0 Å². The van der Waals surface area contributed by atoms with E-state index in [0.29, 0.717) is 0 Å². The summed E-state index contributed by atoms with van der Waals surface area (Å²) in [5, 5.41) is 3.71. The van der Waals surface area contributed by atoms with Gasteiger partial charge in [0.25, 0.3) is 0 Å². The van der Waals surface area contributed by atoms with E-state index in [1.807, 2.05) is 0 Å². The Morgan fingerprint density at radius 2 is 1.81 bits per heavy atom. The maximum absolute atomic E-state index is 3.71. The van der Waals surface area contributed by atoms with E-state index >= 15 is 0 Å². The van der Waals surface area contributed by atoms with Crippen LogP contribution in [0.1, 0.15) is 52.9 Å². The second kappa shape index (κ2) is 5.50. The largest absolute Gasteiger partial charge is 0.311 e. The quantitative estimate of drug-likeness (QED) is 0.793. The number of nitrogens with one attached hydrogen (secondary N) is 1. The van der Waals surface area contributed by atoms with Crippen LogP contribution in [0.2, 0.25) is 0 Å². The minimum Gasteiger partial charge on any atom is -0.311 e. The molecule has 0 aromatic heterocycles. The van der Waals surface area contributed by atoms with Crippen molar-refractivity contribution in [2.45, 2.75) is 71.0 Å². The van der Waals surface area contributed by atoms with E-state index in [1.54, 1.807) is 0 Å². The highest BCUT2D eigenvalue weighted by molar-refractivity contribution is 4.85. The van der Waals surface area contributed by atoms with Crippen LogP contribution in [0, 0.1) is 5.92 Å². The lowest BCUT2D eigenvalue weighted by molar-refractivity contribution is 0.134. The first-order valence-corrected chi connectivity index (χ1v) is 7.15. The number of piperidine rings is 1. The molecule has 16 heavy (non-hydrogen) atoms. The average Bonchev–Trinajstić information content (AvgIpc) is 2.65. The number of nitrogens with zero attached hydrogens (tertiary/aromatic N) is 1. The fourth-order valence-corrected chi connectivity index (χ4v) is 3.24. The van der Waals surface area contributed by atoms with Gasteiger partial charge in [-0.2, -0.15) is 0 Å². The molecule has 3 atom stereocenters. The van der Waals surface area contributed by atoms with Crippen LogP contribution in [-0.4, -0.2) is 36.1 Å². The van der Waals surface area contributed by atoms with Crippen LogP contribution >= 0.6 is 0 Å². The summed E-state index contributed by atoms with van der Waals surface area (Å²) in [7, 11) is 0. The number of rotatable bonds is 3. The van der Waals surface area contributed by atoms with Crippen LogP contribution in [-0.2, 0) is 0 Å².